The van der Waals surface area contributed by atoms with Gasteiger partial charge in [0.1, 0.15) is 5.76 Å². The number of hydrogen-bond acceptors (Lipinski definition) is 1. The van der Waals surface area contributed by atoms with Crippen molar-refractivity contribution < 1.29 is 4.42 Å². The fraction of sp³-hybridized carbons (Fsp3) is 0.500. The van der Waals surface area contributed by atoms with Crippen molar-refractivity contribution in [2.24, 2.45) is 0 Å². The Balaban J connectivity index is 2.70. The lowest BCUT2D eigenvalue weighted by molar-refractivity contribution is 0.424. The first kappa shape index (κ1) is 9.38. The topological polar surface area (TPSA) is 28.9 Å². The number of aromatic amines is 1. The zero-order valence-corrected chi connectivity index (χ0v) is 9.27. The van der Waals surface area contributed by atoms with Crippen molar-refractivity contribution in [2.75, 3.05) is 0 Å². The zero-order chi connectivity index (χ0) is 10.3. The van der Waals surface area contributed by atoms with Crippen LogP contribution in [0.2, 0.25) is 0 Å². The van der Waals surface area contributed by atoms with E-state index in [2.05, 4.69) is 32.7 Å². The first-order valence-electron chi connectivity index (χ1n) is 5.12. The Labute approximate surface area is 84.3 Å². The summed E-state index contributed by atoms with van der Waals surface area (Å²) in [6, 6.07) is 0. The first-order valence-corrected chi connectivity index (χ1v) is 5.12. The molecule has 0 aliphatic carbocycles. The summed E-state index contributed by atoms with van der Waals surface area (Å²) in [5.74, 6) is 1.12. The van der Waals surface area contributed by atoms with E-state index in [4.69, 9.17) is 4.42 Å². The summed E-state index contributed by atoms with van der Waals surface area (Å²) in [6.07, 6.45) is 4.97. The second kappa shape index (κ2) is 2.91. The van der Waals surface area contributed by atoms with Crippen LogP contribution in [0.15, 0.2) is 16.8 Å². The molecule has 0 amide bonds. The molecule has 0 aliphatic rings. The molecule has 0 saturated heterocycles. The van der Waals surface area contributed by atoms with E-state index < -0.39 is 0 Å². The van der Waals surface area contributed by atoms with Gasteiger partial charge in [0.05, 0.1) is 0 Å². The largest absolute Gasteiger partial charge is 0.459 e. The van der Waals surface area contributed by atoms with E-state index in [0.29, 0.717) is 0 Å². The predicted octanol–water partition coefficient (Wildman–Crippen LogP) is 3.62. The van der Waals surface area contributed by atoms with Gasteiger partial charge in [0.25, 0.3) is 0 Å². The van der Waals surface area contributed by atoms with Gasteiger partial charge in [0, 0.05) is 28.8 Å². The van der Waals surface area contributed by atoms with Crippen molar-refractivity contribution in [1.82, 2.24) is 4.98 Å². The molecule has 2 nitrogen and oxygen atoms in total. The second-order valence-corrected chi connectivity index (χ2v) is 4.75. The number of nitrogens with one attached hydrogen (secondary N) is 1. The standard InChI is InChI=1S/C12H17NO/c1-5-8-9-6-13-7-10(9)14-11(8)12(2,3)4/h6-7,13H,5H2,1-4H3. The molecule has 0 atom stereocenters. The molecule has 0 aromatic carbocycles. The Morgan fingerprint density at radius 2 is 2.00 bits per heavy atom. The number of H-pyrrole nitrogens is 1. The highest BCUT2D eigenvalue weighted by molar-refractivity contribution is 5.82. The maximum Gasteiger partial charge on any atom is 0.151 e. The summed E-state index contributed by atoms with van der Waals surface area (Å²) in [7, 11) is 0. The monoisotopic (exact) mass is 191 g/mol. The van der Waals surface area contributed by atoms with Crippen LogP contribution in [0.5, 0.6) is 0 Å². The Hall–Kier alpha value is -1.18. The number of rotatable bonds is 1. The van der Waals surface area contributed by atoms with Crippen LogP contribution < -0.4 is 0 Å². The third-order valence-corrected chi connectivity index (χ3v) is 2.55. The molecule has 2 aromatic heterocycles. The summed E-state index contributed by atoms with van der Waals surface area (Å²) in [5, 5.41) is 1.23. The fourth-order valence-electron chi connectivity index (χ4n) is 1.92. The lowest BCUT2D eigenvalue weighted by Crippen LogP contribution is -2.12. The Bertz CT molecular complexity index is 442. The summed E-state index contributed by atoms with van der Waals surface area (Å²) in [5.41, 5.74) is 2.41. The summed E-state index contributed by atoms with van der Waals surface area (Å²) in [6.45, 7) is 8.74. The normalized spacial score (nSPS) is 12.6. The maximum atomic E-state index is 5.86. The van der Waals surface area contributed by atoms with E-state index >= 15 is 0 Å². The van der Waals surface area contributed by atoms with Gasteiger partial charge in [-0.3, -0.25) is 0 Å². The minimum Gasteiger partial charge on any atom is -0.459 e. The number of hydrogen-bond donors (Lipinski definition) is 1. The van der Waals surface area contributed by atoms with Gasteiger partial charge in [0.2, 0.25) is 0 Å². The van der Waals surface area contributed by atoms with Crippen molar-refractivity contribution in [2.45, 2.75) is 39.5 Å². The smallest absolute Gasteiger partial charge is 0.151 e. The predicted molar refractivity (Wildman–Crippen MR) is 58.6 cm³/mol. The molecule has 0 fully saturated rings. The number of furan rings is 1. The average Bonchev–Trinajstić information content (AvgIpc) is 2.58. The van der Waals surface area contributed by atoms with Crippen molar-refractivity contribution >= 4 is 11.0 Å². The van der Waals surface area contributed by atoms with E-state index in [1.54, 1.807) is 0 Å². The van der Waals surface area contributed by atoms with E-state index in [1.165, 1.54) is 10.9 Å². The SMILES string of the molecule is CCc1c(C(C)(C)C)oc2c[nH]cc12. The van der Waals surface area contributed by atoms with E-state index in [0.717, 1.165) is 17.8 Å². The van der Waals surface area contributed by atoms with E-state index in [9.17, 15) is 0 Å². The summed E-state index contributed by atoms with van der Waals surface area (Å²) >= 11 is 0. The van der Waals surface area contributed by atoms with Gasteiger partial charge in [0.15, 0.2) is 5.58 Å². The molecule has 2 heteroatoms. The van der Waals surface area contributed by atoms with Gasteiger partial charge in [-0.15, -0.1) is 0 Å². The van der Waals surface area contributed by atoms with Gasteiger partial charge >= 0.3 is 0 Å². The van der Waals surface area contributed by atoms with Crippen LogP contribution in [-0.2, 0) is 11.8 Å². The third-order valence-electron chi connectivity index (χ3n) is 2.55. The minimum absolute atomic E-state index is 0.0946. The Kier molecular flexibility index (Phi) is 1.95. The van der Waals surface area contributed by atoms with E-state index in [1.807, 2.05) is 12.4 Å². The van der Waals surface area contributed by atoms with Gasteiger partial charge in [-0.05, 0) is 6.42 Å². The maximum absolute atomic E-state index is 5.86. The lowest BCUT2D eigenvalue weighted by atomic mass is 9.89. The van der Waals surface area contributed by atoms with E-state index in [-0.39, 0.29) is 5.41 Å². The highest BCUT2D eigenvalue weighted by atomic mass is 16.3. The van der Waals surface area contributed by atoms with Crippen molar-refractivity contribution in [1.29, 1.82) is 0 Å². The molecule has 0 radical (unpaired) electrons. The molecule has 2 heterocycles. The molecule has 0 bridgehead atoms. The van der Waals surface area contributed by atoms with Gasteiger partial charge in [-0.2, -0.15) is 0 Å². The molecule has 2 rings (SSSR count). The molecular formula is C12H17NO. The molecule has 76 valence electrons. The lowest BCUT2D eigenvalue weighted by Gasteiger charge is -2.16. The summed E-state index contributed by atoms with van der Waals surface area (Å²) in [4.78, 5) is 3.08. The second-order valence-electron chi connectivity index (χ2n) is 4.75. The average molecular weight is 191 g/mol. The van der Waals surface area contributed by atoms with Crippen molar-refractivity contribution in [3.05, 3.63) is 23.7 Å². The van der Waals surface area contributed by atoms with Crippen LogP contribution in [-0.4, -0.2) is 4.98 Å². The third kappa shape index (κ3) is 1.26. The fourth-order valence-corrected chi connectivity index (χ4v) is 1.92. The van der Waals surface area contributed by atoms with Crippen molar-refractivity contribution in [3.63, 3.8) is 0 Å². The van der Waals surface area contributed by atoms with Crippen LogP contribution in [0.1, 0.15) is 39.0 Å². The molecule has 2 aromatic rings. The zero-order valence-electron chi connectivity index (χ0n) is 9.27. The molecular weight excluding hydrogens is 174 g/mol. The Morgan fingerprint density at radius 1 is 1.29 bits per heavy atom. The molecule has 0 aliphatic heterocycles. The summed E-state index contributed by atoms with van der Waals surface area (Å²) < 4.78 is 5.86. The first-order chi connectivity index (χ1) is 6.54. The van der Waals surface area contributed by atoms with Crippen LogP contribution in [0, 0.1) is 0 Å². The van der Waals surface area contributed by atoms with Crippen LogP contribution in [0.4, 0.5) is 0 Å². The number of fused-ring (bicyclic) bond motifs is 1. The van der Waals surface area contributed by atoms with Crippen molar-refractivity contribution in [3.8, 4) is 0 Å². The quantitative estimate of drug-likeness (QED) is 0.732. The Morgan fingerprint density at radius 3 is 2.57 bits per heavy atom. The highest BCUT2D eigenvalue weighted by Gasteiger charge is 2.24. The molecule has 0 spiro atoms. The number of aryl methyl sites for hydroxylation is 1. The van der Waals surface area contributed by atoms with Crippen LogP contribution in [0.3, 0.4) is 0 Å². The number of aromatic nitrogens is 1. The van der Waals surface area contributed by atoms with Gasteiger partial charge < -0.3 is 9.40 Å². The molecule has 1 N–H and O–H groups in total. The highest BCUT2D eigenvalue weighted by Crippen LogP contribution is 2.34. The van der Waals surface area contributed by atoms with Gasteiger partial charge in [-0.1, -0.05) is 27.7 Å². The van der Waals surface area contributed by atoms with Crippen LogP contribution in [0.25, 0.3) is 11.0 Å². The minimum atomic E-state index is 0.0946. The molecule has 0 saturated carbocycles. The molecule has 14 heavy (non-hydrogen) atoms. The molecule has 0 unspecified atom stereocenters. The van der Waals surface area contributed by atoms with Crippen LogP contribution >= 0.6 is 0 Å². The van der Waals surface area contributed by atoms with Gasteiger partial charge in [-0.25, -0.2) is 0 Å².